The minimum Gasteiger partial charge on any atom is -0.351 e. The highest BCUT2D eigenvalue weighted by Gasteiger charge is 2.13. The Morgan fingerprint density at radius 3 is 2.40 bits per heavy atom. The Morgan fingerprint density at radius 1 is 1.33 bits per heavy atom. The van der Waals surface area contributed by atoms with E-state index >= 15 is 0 Å². The third-order valence-corrected chi connectivity index (χ3v) is 2.08. The molecule has 0 fully saturated rings. The summed E-state index contributed by atoms with van der Waals surface area (Å²) in [6.45, 7) is 11.1. The second kappa shape index (κ2) is 6.83. The van der Waals surface area contributed by atoms with Crippen molar-refractivity contribution in [1.29, 1.82) is 0 Å². The summed E-state index contributed by atoms with van der Waals surface area (Å²) in [4.78, 5) is 11.4. The molecule has 1 unspecified atom stereocenters. The first-order valence-electron chi connectivity index (χ1n) is 5.89. The highest BCUT2D eigenvalue weighted by Crippen LogP contribution is 1.99. The largest absolute Gasteiger partial charge is 0.351 e. The number of nitrogens with one attached hydrogen (secondary N) is 2. The third-order valence-electron chi connectivity index (χ3n) is 2.08. The van der Waals surface area contributed by atoms with Crippen LogP contribution in [0.3, 0.4) is 0 Å². The van der Waals surface area contributed by atoms with E-state index in [2.05, 4.69) is 24.5 Å². The van der Waals surface area contributed by atoms with Crippen molar-refractivity contribution in [3.8, 4) is 0 Å². The number of carbonyl (C=O) groups is 1. The van der Waals surface area contributed by atoms with Crippen molar-refractivity contribution in [2.75, 3.05) is 6.54 Å². The van der Waals surface area contributed by atoms with Gasteiger partial charge >= 0.3 is 0 Å². The molecule has 90 valence electrons. The minimum atomic E-state index is -0.119. The summed E-state index contributed by atoms with van der Waals surface area (Å²) in [7, 11) is 0. The second-order valence-electron chi connectivity index (χ2n) is 5.19. The van der Waals surface area contributed by atoms with Crippen molar-refractivity contribution < 1.29 is 4.79 Å². The molecule has 0 heterocycles. The quantitative estimate of drug-likeness (QED) is 0.710. The molecule has 15 heavy (non-hydrogen) atoms. The van der Waals surface area contributed by atoms with Crippen LogP contribution in [-0.4, -0.2) is 24.0 Å². The van der Waals surface area contributed by atoms with Crippen LogP contribution < -0.4 is 10.6 Å². The maximum absolute atomic E-state index is 11.4. The average molecular weight is 214 g/mol. The molecule has 0 aromatic heterocycles. The molecule has 0 spiro atoms. The molecule has 2 N–H and O–H groups in total. The lowest BCUT2D eigenvalue weighted by molar-refractivity contribution is -0.122. The summed E-state index contributed by atoms with van der Waals surface area (Å²) in [6.07, 6.45) is 2.91. The van der Waals surface area contributed by atoms with E-state index in [1.807, 2.05) is 20.8 Å². The first-order valence-corrected chi connectivity index (χ1v) is 5.89. The lowest BCUT2D eigenvalue weighted by atomic mass is 10.1. The molecule has 0 aliphatic carbocycles. The Morgan fingerprint density at radius 2 is 1.93 bits per heavy atom. The fourth-order valence-corrected chi connectivity index (χ4v) is 1.45. The van der Waals surface area contributed by atoms with Crippen LogP contribution in [0.15, 0.2) is 0 Å². The average Bonchev–Trinajstić information content (AvgIpc) is 2.00. The van der Waals surface area contributed by atoms with Crippen LogP contribution in [0.4, 0.5) is 0 Å². The monoisotopic (exact) mass is 214 g/mol. The van der Waals surface area contributed by atoms with Gasteiger partial charge in [0.1, 0.15) is 0 Å². The molecule has 0 aliphatic rings. The Balaban J connectivity index is 3.55. The van der Waals surface area contributed by atoms with E-state index in [9.17, 15) is 4.79 Å². The van der Waals surface area contributed by atoms with Crippen molar-refractivity contribution in [1.82, 2.24) is 10.6 Å². The molecule has 0 rings (SSSR count). The molecular formula is C12H26N2O. The Bertz CT molecular complexity index is 185. The summed E-state index contributed by atoms with van der Waals surface area (Å²) < 4.78 is 0. The number of carbonyl (C=O) groups excluding carboxylic acids is 1. The molecule has 0 bridgehead atoms. The van der Waals surface area contributed by atoms with Crippen LogP contribution in [-0.2, 0) is 4.79 Å². The van der Waals surface area contributed by atoms with Crippen LogP contribution in [0.2, 0.25) is 0 Å². The van der Waals surface area contributed by atoms with Gasteiger partial charge in [-0.2, -0.15) is 0 Å². The summed E-state index contributed by atoms with van der Waals surface area (Å²) in [5.41, 5.74) is -0.119. The predicted octanol–water partition coefficient (Wildman–Crippen LogP) is 2.07. The lowest BCUT2D eigenvalue weighted by Gasteiger charge is -2.21. The van der Waals surface area contributed by atoms with Crippen molar-refractivity contribution in [2.45, 2.75) is 65.5 Å². The van der Waals surface area contributed by atoms with Gasteiger partial charge in [0.15, 0.2) is 0 Å². The van der Waals surface area contributed by atoms with Crippen molar-refractivity contribution >= 4 is 5.91 Å². The Labute approximate surface area is 94.0 Å². The summed E-state index contributed by atoms with van der Waals surface area (Å²) >= 11 is 0. The highest BCUT2D eigenvalue weighted by atomic mass is 16.1. The Hall–Kier alpha value is -0.570. The predicted molar refractivity (Wildman–Crippen MR) is 64.9 cm³/mol. The maximum atomic E-state index is 11.4. The molecule has 1 amide bonds. The molecule has 0 saturated heterocycles. The van der Waals surface area contributed by atoms with Crippen LogP contribution in [0.5, 0.6) is 0 Å². The van der Waals surface area contributed by atoms with Gasteiger partial charge in [0.25, 0.3) is 0 Å². The molecule has 0 aromatic carbocycles. The van der Waals surface area contributed by atoms with Gasteiger partial charge in [-0.3, -0.25) is 4.79 Å². The van der Waals surface area contributed by atoms with Gasteiger partial charge in [-0.15, -0.1) is 0 Å². The van der Waals surface area contributed by atoms with Crippen LogP contribution >= 0.6 is 0 Å². The van der Waals surface area contributed by atoms with E-state index in [0.717, 1.165) is 6.54 Å². The van der Waals surface area contributed by atoms with Gasteiger partial charge in [-0.05, 0) is 34.1 Å². The topological polar surface area (TPSA) is 41.1 Å². The van der Waals surface area contributed by atoms with Crippen molar-refractivity contribution in [3.05, 3.63) is 0 Å². The highest BCUT2D eigenvalue weighted by molar-refractivity contribution is 5.76. The van der Waals surface area contributed by atoms with Gasteiger partial charge in [0.2, 0.25) is 5.91 Å². The fourth-order valence-electron chi connectivity index (χ4n) is 1.45. The zero-order valence-electron chi connectivity index (χ0n) is 10.8. The number of hydrogen-bond donors (Lipinski definition) is 2. The normalized spacial score (nSPS) is 13.7. The molecule has 0 aromatic rings. The van der Waals surface area contributed by atoms with Gasteiger partial charge < -0.3 is 10.6 Å². The molecule has 0 saturated carbocycles. The first-order chi connectivity index (χ1) is 6.85. The van der Waals surface area contributed by atoms with E-state index in [0.29, 0.717) is 12.5 Å². The molecule has 3 heteroatoms. The van der Waals surface area contributed by atoms with E-state index in [4.69, 9.17) is 0 Å². The summed E-state index contributed by atoms with van der Waals surface area (Å²) in [6, 6.07) is 0.512. The number of amides is 1. The van der Waals surface area contributed by atoms with E-state index < -0.39 is 0 Å². The molecule has 0 aliphatic heterocycles. The number of hydrogen-bond acceptors (Lipinski definition) is 2. The minimum absolute atomic E-state index is 0.119. The van der Waals surface area contributed by atoms with Gasteiger partial charge in [0, 0.05) is 24.5 Å². The van der Waals surface area contributed by atoms with E-state index in [1.165, 1.54) is 12.8 Å². The molecule has 1 atom stereocenters. The number of rotatable bonds is 6. The second-order valence-corrected chi connectivity index (χ2v) is 5.19. The summed E-state index contributed by atoms with van der Waals surface area (Å²) in [5.74, 6) is 0.124. The molecular weight excluding hydrogens is 188 g/mol. The van der Waals surface area contributed by atoms with Crippen LogP contribution in [0.1, 0.15) is 53.9 Å². The molecule has 0 radical (unpaired) electrons. The first kappa shape index (κ1) is 14.4. The van der Waals surface area contributed by atoms with Gasteiger partial charge in [-0.1, -0.05) is 13.3 Å². The van der Waals surface area contributed by atoms with Crippen LogP contribution in [0, 0.1) is 0 Å². The SMILES string of the molecule is CCCC(C)NCCC(=O)NC(C)(C)C. The van der Waals surface area contributed by atoms with Crippen molar-refractivity contribution in [2.24, 2.45) is 0 Å². The smallest absolute Gasteiger partial charge is 0.221 e. The zero-order chi connectivity index (χ0) is 11.9. The van der Waals surface area contributed by atoms with Crippen LogP contribution in [0.25, 0.3) is 0 Å². The Kier molecular flexibility index (Phi) is 6.57. The standard InChI is InChI=1S/C12H26N2O/c1-6-7-10(2)13-9-8-11(15)14-12(3,4)5/h10,13H,6-9H2,1-5H3,(H,14,15). The lowest BCUT2D eigenvalue weighted by Crippen LogP contribution is -2.42. The zero-order valence-corrected chi connectivity index (χ0v) is 10.8. The van der Waals surface area contributed by atoms with E-state index in [-0.39, 0.29) is 11.4 Å². The van der Waals surface area contributed by atoms with E-state index in [1.54, 1.807) is 0 Å². The van der Waals surface area contributed by atoms with Gasteiger partial charge in [0.05, 0.1) is 0 Å². The molecule has 3 nitrogen and oxygen atoms in total. The van der Waals surface area contributed by atoms with Crippen molar-refractivity contribution in [3.63, 3.8) is 0 Å². The summed E-state index contributed by atoms with van der Waals surface area (Å²) in [5, 5.41) is 6.29. The fraction of sp³-hybridized carbons (Fsp3) is 0.917. The maximum Gasteiger partial charge on any atom is 0.221 e. The third kappa shape index (κ3) is 9.73. The van der Waals surface area contributed by atoms with Gasteiger partial charge in [-0.25, -0.2) is 0 Å².